The number of aromatic amines is 1. The number of amides is 1. The first-order valence-corrected chi connectivity index (χ1v) is 7.77. The maximum Gasteiger partial charge on any atom is 0.236 e. The highest BCUT2D eigenvalue weighted by Gasteiger charge is 2.48. The predicted octanol–water partition coefficient (Wildman–Crippen LogP) is 0.488. The van der Waals surface area contributed by atoms with Gasteiger partial charge in [-0.25, -0.2) is 9.97 Å². The molecule has 0 saturated carbocycles. The molecule has 0 bridgehead atoms. The number of carbonyl (C=O) groups is 1. The molecule has 4 heterocycles. The van der Waals surface area contributed by atoms with Gasteiger partial charge in [-0.05, 0) is 25.3 Å². The average Bonchev–Trinajstić information content (AvgIpc) is 3.26. The topological polar surface area (TPSA) is 91.1 Å². The molecule has 1 unspecified atom stereocenters. The van der Waals surface area contributed by atoms with E-state index in [1.54, 1.807) is 6.33 Å². The molecule has 2 aromatic rings. The van der Waals surface area contributed by atoms with Gasteiger partial charge >= 0.3 is 0 Å². The summed E-state index contributed by atoms with van der Waals surface area (Å²) in [7, 11) is 0. The van der Waals surface area contributed by atoms with Gasteiger partial charge in [0.25, 0.3) is 0 Å². The lowest BCUT2D eigenvalue weighted by Gasteiger charge is -2.35. The Labute approximate surface area is 128 Å². The summed E-state index contributed by atoms with van der Waals surface area (Å²) < 4.78 is 0. The Morgan fingerprint density at radius 3 is 3.14 bits per heavy atom. The zero-order valence-electron chi connectivity index (χ0n) is 12.5. The molecule has 2 aromatic heterocycles. The fraction of sp³-hybridized carbons (Fsp3) is 0.533. The zero-order valence-corrected chi connectivity index (χ0v) is 12.5. The third-order valence-corrected chi connectivity index (χ3v) is 5.04. The molecule has 2 aliphatic rings. The molecule has 1 spiro atoms. The highest BCUT2D eigenvalue weighted by Crippen LogP contribution is 2.39. The number of H-pyrrole nitrogens is 1. The predicted molar refractivity (Wildman–Crippen MR) is 83.5 cm³/mol. The number of nitrogens with one attached hydrogen (secondary N) is 1. The van der Waals surface area contributed by atoms with E-state index in [-0.39, 0.29) is 18.0 Å². The summed E-state index contributed by atoms with van der Waals surface area (Å²) in [6.45, 7) is 2.66. The standard InChI is InChI=1S/C15H20N6O/c16-8-12(22)21-6-1-3-15(21)4-7-20(9-15)14-11-2-5-17-13(11)18-10-19-14/h2,5,10H,1,3-4,6-9,16H2,(H,17,18,19). The van der Waals surface area contributed by atoms with Crippen molar-refractivity contribution in [2.24, 2.45) is 5.73 Å². The van der Waals surface area contributed by atoms with Crippen molar-refractivity contribution >= 4 is 22.8 Å². The molecule has 0 aromatic carbocycles. The van der Waals surface area contributed by atoms with Gasteiger partial charge < -0.3 is 20.5 Å². The van der Waals surface area contributed by atoms with Crippen LogP contribution in [0.25, 0.3) is 11.0 Å². The fourth-order valence-electron chi connectivity index (χ4n) is 4.01. The van der Waals surface area contributed by atoms with E-state index in [4.69, 9.17) is 5.73 Å². The van der Waals surface area contributed by atoms with Crippen LogP contribution in [0.1, 0.15) is 19.3 Å². The van der Waals surface area contributed by atoms with Gasteiger partial charge in [-0.15, -0.1) is 0 Å². The number of nitrogens with zero attached hydrogens (tertiary/aromatic N) is 4. The number of likely N-dealkylation sites (tertiary alicyclic amines) is 1. The number of aromatic nitrogens is 3. The molecule has 0 radical (unpaired) electrons. The lowest BCUT2D eigenvalue weighted by Crippen LogP contribution is -2.51. The van der Waals surface area contributed by atoms with Crippen molar-refractivity contribution < 1.29 is 4.79 Å². The molecular weight excluding hydrogens is 280 g/mol. The van der Waals surface area contributed by atoms with Crippen LogP contribution in [0.5, 0.6) is 0 Å². The summed E-state index contributed by atoms with van der Waals surface area (Å²) in [5, 5.41) is 1.04. The third kappa shape index (κ3) is 1.89. The van der Waals surface area contributed by atoms with Gasteiger partial charge in [-0.1, -0.05) is 0 Å². The molecule has 2 fully saturated rings. The molecule has 1 amide bonds. The summed E-state index contributed by atoms with van der Waals surface area (Å²) in [5.74, 6) is 1.02. The molecule has 22 heavy (non-hydrogen) atoms. The first-order chi connectivity index (χ1) is 10.7. The Morgan fingerprint density at radius 2 is 2.27 bits per heavy atom. The van der Waals surface area contributed by atoms with Crippen LogP contribution < -0.4 is 10.6 Å². The normalized spacial score (nSPS) is 24.8. The SMILES string of the molecule is NCC(=O)N1CCCC12CCN(c1ncnc3[nH]ccc13)C2. The van der Waals surface area contributed by atoms with E-state index in [9.17, 15) is 4.79 Å². The molecule has 7 heteroatoms. The van der Waals surface area contributed by atoms with Crippen LogP contribution in [-0.4, -0.2) is 57.5 Å². The Kier molecular flexibility index (Phi) is 3.04. The second kappa shape index (κ2) is 4.95. The molecule has 116 valence electrons. The molecule has 1 atom stereocenters. The zero-order chi connectivity index (χ0) is 15.2. The molecule has 0 aliphatic carbocycles. The van der Waals surface area contributed by atoms with Gasteiger partial charge in [-0.3, -0.25) is 4.79 Å². The van der Waals surface area contributed by atoms with Crippen LogP contribution >= 0.6 is 0 Å². The van der Waals surface area contributed by atoms with Crippen LogP contribution in [-0.2, 0) is 4.79 Å². The van der Waals surface area contributed by atoms with Crippen molar-refractivity contribution in [3.8, 4) is 0 Å². The van der Waals surface area contributed by atoms with Crippen molar-refractivity contribution in [3.05, 3.63) is 18.6 Å². The number of hydrogen-bond donors (Lipinski definition) is 2. The number of nitrogens with two attached hydrogens (primary N) is 1. The minimum atomic E-state index is -0.0654. The molecule has 3 N–H and O–H groups in total. The van der Waals surface area contributed by atoms with Crippen molar-refractivity contribution in [2.45, 2.75) is 24.8 Å². The summed E-state index contributed by atoms with van der Waals surface area (Å²) in [4.78, 5) is 28.3. The maximum absolute atomic E-state index is 12.1. The average molecular weight is 300 g/mol. The first-order valence-electron chi connectivity index (χ1n) is 7.77. The van der Waals surface area contributed by atoms with Gasteiger partial charge in [0.05, 0.1) is 17.5 Å². The minimum absolute atomic E-state index is 0.0637. The number of rotatable bonds is 2. The Bertz CT molecular complexity index is 713. The van der Waals surface area contributed by atoms with Crippen LogP contribution in [0, 0.1) is 0 Å². The van der Waals surface area contributed by atoms with Crippen LogP contribution in [0.4, 0.5) is 5.82 Å². The Morgan fingerprint density at radius 1 is 1.36 bits per heavy atom. The van der Waals surface area contributed by atoms with E-state index in [0.29, 0.717) is 0 Å². The maximum atomic E-state index is 12.1. The van der Waals surface area contributed by atoms with E-state index in [2.05, 4.69) is 19.9 Å². The van der Waals surface area contributed by atoms with Gasteiger partial charge in [0.15, 0.2) is 0 Å². The van der Waals surface area contributed by atoms with Crippen molar-refractivity contribution in [1.29, 1.82) is 0 Å². The first kappa shape index (κ1) is 13.5. The second-order valence-corrected chi connectivity index (χ2v) is 6.19. The quantitative estimate of drug-likeness (QED) is 0.842. The van der Waals surface area contributed by atoms with E-state index in [0.717, 1.165) is 55.7 Å². The highest BCUT2D eigenvalue weighted by atomic mass is 16.2. The van der Waals surface area contributed by atoms with Crippen LogP contribution in [0.2, 0.25) is 0 Å². The van der Waals surface area contributed by atoms with Gasteiger partial charge in [0.1, 0.15) is 17.8 Å². The monoisotopic (exact) mass is 300 g/mol. The van der Waals surface area contributed by atoms with Gasteiger partial charge in [0, 0.05) is 25.8 Å². The largest absolute Gasteiger partial charge is 0.354 e. The summed E-state index contributed by atoms with van der Waals surface area (Å²) in [6.07, 6.45) is 6.57. The fourth-order valence-corrected chi connectivity index (χ4v) is 4.01. The van der Waals surface area contributed by atoms with E-state index in [1.807, 2.05) is 17.2 Å². The Hall–Kier alpha value is -2.15. The van der Waals surface area contributed by atoms with Gasteiger partial charge in [0.2, 0.25) is 5.91 Å². The highest BCUT2D eigenvalue weighted by molar-refractivity contribution is 5.87. The van der Waals surface area contributed by atoms with Crippen LogP contribution in [0.3, 0.4) is 0 Å². The van der Waals surface area contributed by atoms with Crippen molar-refractivity contribution in [3.63, 3.8) is 0 Å². The minimum Gasteiger partial charge on any atom is -0.354 e. The van der Waals surface area contributed by atoms with Crippen LogP contribution in [0.15, 0.2) is 18.6 Å². The summed E-state index contributed by atoms with van der Waals surface area (Å²) in [6, 6.07) is 2.01. The Balaban J connectivity index is 1.65. The van der Waals surface area contributed by atoms with E-state index < -0.39 is 0 Å². The summed E-state index contributed by atoms with van der Waals surface area (Å²) >= 11 is 0. The molecule has 7 nitrogen and oxygen atoms in total. The number of anilines is 1. The molecular formula is C15H20N6O. The number of carbonyl (C=O) groups excluding carboxylic acids is 1. The summed E-state index contributed by atoms with van der Waals surface area (Å²) in [5.41, 5.74) is 6.37. The lowest BCUT2D eigenvalue weighted by molar-refractivity contribution is -0.133. The molecule has 2 aliphatic heterocycles. The third-order valence-electron chi connectivity index (χ3n) is 5.04. The number of fused-ring (bicyclic) bond motifs is 1. The van der Waals surface area contributed by atoms with E-state index >= 15 is 0 Å². The number of hydrogen-bond acceptors (Lipinski definition) is 5. The van der Waals surface area contributed by atoms with Gasteiger partial charge in [-0.2, -0.15) is 0 Å². The molecule has 4 rings (SSSR count). The lowest BCUT2D eigenvalue weighted by atomic mass is 9.95. The van der Waals surface area contributed by atoms with E-state index in [1.165, 1.54) is 0 Å². The van der Waals surface area contributed by atoms with Crippen molar-refractivity contribution in [1.82, 2.24) is 19.9 Å². The second-order valence-electron chi connectivity index (χ2n) is 6.19. The molecule has 2 saturated heterocycles. The van der Waals surface area contributed by atoms with Crippen molar-refractivity contribution in [2.75, 3.05) is 31.1 Å². The smallest absolute Gasteiger partial charge is 0.236 e.